The number of benzene rings is 3. The Morgan fingerprint density at radius 1 is 0.921 bits per heavy atom. The largest absolute Gasteiger partial charge is 0.378 e. The highest BCUT2D eigenvalue weighted by Gasteiger charge is 2.27. The highest BCUT2D eigenvalue weighted by Crippen LogP contribution is 2.29. The number of amidine groups is 1. The van der Waals surface area contributed by atoms with Gasteiger partial charge in [0, 0.05) is 19.0 Å². The Kier molecular flexibility index (Phi) is 7.92. The van der Waals surface area contributed by atoms with Gasteiger partial charge in [0.1, 0.15) is 0 Å². The van der Waals surface area contributed by atoms with Gasteiger partial charge in [0.25, 0.3) is 16.0 Å². The molecule has 0 radical (unpaired) electrons. The fraction of sp³-hybridized carbons (Fsp3) is 0.250. The molecule has 3 aromatic carbocycles. The van der Waals surface area contributed by atoms with Gasteiger partial charge < -0.3 is 9.64 Å². The number of aliphatic imine (C=N–C) groups is 1. The summed E-state index contributed by atoms with van der Waals surface area (Å²) >= 11 is 1.44. The zero-order chi connectivity index (χ0) is 26.5. The van der Waals surface area contributed by atoms with Crippen molar-refractivity contribution in [2.75, 3.05) is 32.6 Å². The Morgan fingerprint density at radius 3 is 2.16 bits per heavy atom. The monoisotopic (exact) mass is 547 g/mol. The zero-order valence-corrected chi connectivity index (χ0v) is 22.9. The van der Waals surface area contributed by atoms with E-state index in [-0.39, 0.29) is 16.8 Å². The fourth-order valence-corrected chi connectivity index (χ4v) is 6.04. The van der Waals surface area contributed by atoms with Crippen LogP contribution in [-0.2, 0) is 14.8 Å². The summed E-state index contributed by atoms with van der Waals surface area (Å²) in [5.74, 6) is 0.174. The summed E-state index contributed by atoms with van der Waals surface area (Å²) in [6, 6.07) is 26.6. The van der Waals surface area contributed by atoms with E-state index >= 15 is 0 Å². The van der Waals surface area contributed by atoms with Gasteiger partial charge in [-0.2, -0.15) is 18.4 Å². The van der Waals surface area contributed by atoms with Crippen LogP contribution < -0.4 is 0 Å². The molecule has 8 nitrogen and oxygen atoms in total. The zero-order valence-electron chi connectivity index (χ0n) is 21.3. The number of nitrogens with zero attached hydrogens (tertiary/aromatic N) is 5. The lowest BCUT2D eigenvalue weighted by atomic mass is 9.97. The molecule has 38 heavy (non-hydrogen) atoms. The fourth-order valence-electron chi connectivity index (χ4n) is 4.24. The molecule has 1 unspecified atom stereocenters. The topological polar surface area (TPSA) is 89.7 Å². The van der Waals surface area contributed by atoms with Crippen molar-refractivity contribution in [1.29, 1.82) is 0 Å². The van der Waals surface area contributed by atoms with Crippen molar-refractivity contribution in [3.05, 3.63) is 96.3 Å². The first kappa shape index (κ1) is 26.1. The molecule has 0 amide bonds. The Bertz CT molecular complexity index is 1500. The molecular weight excluding hydrogens is 518 g/mol. The van der Waals surface area contributed by atoms with E-state index in [1.165, 1.54) is 11.8 Å². The number of rotatable bonds is 6. The van der Waals surface area contributed by atoms with Crippen molar-refractivity contribution in [1.82, 2.24) is 19.1 Å². The molecule has 1 fully saturated rings. The third-order valence-corrected chi connectivity index (χ3v) is 8.70. The molecule has 0 N–H and O–H groups in total. The van der Waals surface area contributed by atoms with Gasteiger partial charge in [-0.05, 0) is 35.1 Å². The van der Waals surface area contributed by atoms with E-state index in [0.29, 0.717) is 37.3 Å². The average Bonchev–Trinajstić information content (AvgIpc) is 3.42. The van der Waals surface area contributed by atoms with E-state index in [1.54, 1.807) is 30.3 Å². The molecule has 10 heteroatoms. The van der Waals surface area contributed by atoms with E-state index in [0.717, 1.165) is 20.8 Å². The van der Waals surface area contributed by atoms with Crippen molar-refractivity contribution < 1.29 is 13.2 Å². The summed E-state index contributed by atoms with van der Waals surface area (Å²) in [6.45, 7) is 4.51. The molecule has 1 atom stereocenters. The van der Waals surface area contributed by atoms with Gasteiger partial charge >= 0.3 is 0 Å². The van der Waals surface area contributed by atoms with Crippen LogP contribution in [-0.4, -0.2) is 65.2 Å². The number of thioether (sulfide) groups is 1. The first-order chi connectivity index (χ1) is 18.5. The maximum Gasteiger partial charge on any atom is 0.286 e. The minimum atomic E-state index is -4.01. The van der Waals surface area contributed by atoms with Gasteiger partial charge in [0.2, 0.25) is 0 Å². The molecule has 196 valence electrons. The third-order valence-electron chi connectivity index (χ3n) is 6.41. The number of hydrogen-bond acceptors (Lipinski definition) is 7. The minimum Gasteiger partial charge on any atom is -0.378 e. The molecule has 1 saturated heterocycles. The molecule has 0 bridgehead atoms. The normalized spacial score (nSPS) is 15.4. The van der Waals surface area contributed by atoms with Crippen LogP contribution in [0.25, 0.3) is 11.1 Å². The predicted molar refractivity (Wildman–Crippen MR) is 151 cm³/mol. The van der Waals surface area contributed by atoms with E-state index in [1.807, 2.05) is 43.5 Å². The SMILES string of the molecule is CSC(=Nc1nc(C(C)c2ccc(-c3ccccc3)cc2)nn1S(=O)(=O)c1ccccc1)N1CCOCC1. The lowest BCUT2D eigenvalue weighted by Crippen LogP contribution is -2.39. The maximum absolute atomic E-state index is 13.6. The van der Waals surface area contributed by atoms with Crippen LogP contribution >= 0.6 is 11.8 Å². The summed E-state index contributed by atoms with van der Waals surface area (Å²) < 4.78 is 33.7. The van der Waals surface area contributed by atoms with Crippen molar-refractivity contribution >= 4 is 32.9 Å². The van der Waals surface area contributed by atoms with E-state index in [9.17, 15) is 8.42 Å². The standard InChI is InChI=1S/C28H29N5O3S2/c1-21(22-13-15-24(16-14-22)23-9-5-3-6-10-23)26-29-27(30-28(37-2)32-17-19-36-20-18-32)33(31-26)38(34,35)25-11-7-4-8-12-25/h3-16,21H,17-20H2,1-2H3. The molecule has 4 aromatic rings. The Morgan fingerprint density at radius 2 is 1.53 bits per heavy atom. The molecular formula is C28H29N5O3S2. The first-order valence-corrected chi connectivity index (χ1v) is 15.0. The smallest absolute Gasteiger partial charge is 0.286 e. The van der Waals surface area contributed by atoms with Crippen LogP contribution in [0, 0.1) is 0 Å². The van der Waals surface area contributed by atoms with Crippen molar-refractivity contribution in [2.24, 2.45) is 4.99 Å². The van der Waals surface area contributed by atoms with E-state index in [2.05, 4.69) is 39.2 Å². The van der Waals surface area contributed by atoms with Crippen molar-refractivity contribution in [2.45, 2.75) is 17.7 Å². The molecule has 0 saturated carbocycles. The number of aromatic nitrogens is 3. The van der Waals surface area contributed by atoms with Gasteiger partial charge in [-0.15, -0.1) is 9.19 Å². The van der Waals surface area contributed by atoms with Crippen LogP contribution in [0.5, 0.6) is 0 Å². The van der Waals surface area contributed by atoms with Crippen LogP contribution in [0.1, 0.15) is 24.2 Å². The van der Waals surface area contributed by atoms with E-state index < -0.39 is 10.0 Å². The second-order valence-electron chi connectivity index (χ2n) is 8.84. The Hall–Kier alpha value is -3.47. The summed E-state index contributed by atoms with van der Waals surface area (Å²) in [5.41, 5.74) is 3.22. The van der Waals surface area contributed by atoms with Crippen molar-refractivity contribution in [3.63, 3.8) is 0 Å². The average molecular weight is 548 g/mol. The quantitative estimate of drug-likeness (QED) is 0.247. The summed E-state index contributed by atoms with van der Waals surface area (Å²) in [4.78, 5) is 11.6. The molecule has 0 spiro atoms. The molecule has 0 aliphatic carbocycles. The highest BCUT2D eigenvalue weighted by molar-refractivity contribution is 8.13. The summed E-state index contributed by atoms with van der Waals surface area (Å²) in [5, 5.41) is 5.18. The van der Waals surface area contributed by atoms with Gasteiger partial charge in [0.05, 0.1) is 18.1 Å². The summed E-state index contributed by atoms with van der Waals surface area (Å²) in [7, 11) is -4.01. The molecule has 1 aromatic heterocycles. The van der Waals surface area contributed by atoms with Gasteiger partial charge in [-0.3, -0.25) is 0 Å². The van der Waals surface area contributed by atoms with Gasteiger partial charge in [-0.25, -0.2) is 0 Å². The van der Waals surface area contributed by atoms with Crippen LogP contribution in [0.2, 0.25) is 0 Å². The third kappa shape index (κ3) is 5.52. The predicted octanol–water partition coefficient (Wildman–Crippen LogP) is 5.02. The number of hydrogen-bond donors (Lipinski definition) is 0. The number of ether oxygens (including phenoxy) is 1. The lowest BCUT2D eigenvalue weighted by Gasteiger charge is -2.28. The second kappa shape index (κ2) is 11.5. The molecule has 5 rings (SSSR count). The van der Waals surface area contributed by atoms with E-state index in [4.69, 9.17) is 9.73 Å². The van der Waals surface area contributed by atoms with Crippen LogP contribution in [0.15, 0.2) is 94.8 Å². The lowest BCUT2D eigenvalue weighted by molar-refractivity contribution is 0.0693. The molecule has 2 heterocycles. The molecule has 1 aliphatic rings. The Balaban J connectivity index is 1.54. The highest BCUT2D eigenvalue weighted by atomic mass is 32.2. The van der Waals surface area contributed by atoms with Gasteiger partial charge in [-0.1, -0.05) is 91.5 Å². The molecule has 1 aliphatic heterocycles. The summed E-state index contributed by atoms with van der Waals surface area (Å²) in [6.07, 6.45) is 1.92. The first-order valence-electron chi connectivity index (χ1n) is 12.4. The maximum atomic E-state index is 13.6. The van der Waals surface area contributed by atoms with Crippen molar-refractivity contribution in [3.8, 4) is 11.1 Å². The van der Waals surface area contributed by atoms with Crippen LogP contribution in [0.3, 0.4) is 0 Å². The Labute approximate surface area is 227 Å². The minimum absolute atomic E-state index is 0.0347. The van der Waals surface area contributed by atoms with Gasteiger partial charge in [0.15, 0.2) is 11.0 Å². The second-order valence-corrected chi connectivity index (χ2v) is 11.4. The number of morpholine rings is 1. The van der Waals surface area contributed by atoms with Crippen LogP contribution in [0.4, 0.5) is 5.95 Å².